The lowest BCUT2D eigenvalue weighted by Crippen LogP contribution is -2.36. The van der Waals surface area contributed by atoms with Crippen molar-refractivity contribution in [1.82, 2.24) is 9.88 Å². The van der Waals surface area contributed by atoms with Gasteiger partial charge >= 0.3 is 0 Å². The fourth-order valence-electron chi connectivity index (χ4n) is 2.35. The molecule has 6 nitrogen and oxygen atoms in total. The van der Waals surface area contributed by atoms with Gasteiger partial charge in [-0.05, 0) is 17.7 Å². The highest BCUT2D eigenvalue weighted by atomic mass is 79.9. The highest BCUT2D eigenvalue weighted by Crippen LogP contribution is 2.22. The van der Waals surface area contributed by atoms with Gasteiger partial charge in [0.2, 0.25) is 17.7 Å². The topological polar surface area (TPSA) is 79.4 Å². The third-order valence-corrected chi connectivity index (χ3v) is 4.99. The summed E-state index contributed by atoms with van der Waals surface area (Å²) in [5, 5.41) is 3.10. The standard InChI is InChI=1S/C16H14BrN3O3S/c17-11-3-1-10(2-4-11)7-12-8-18-16(24-12)19-13(21)9-20-14(22)5-6-15(20)23/h1-4,8H,5-7,9H2,(H,18,19,21). The molecule has 1 aromatic carbocycles. The van der Waals surface area contributed by atoms with Gasteiger partial charge < -0.3 is 5.32 Å². The molecule has 0 bridgehead atoms. The molecule has 0 unspecified atom stereocenters. The zero-order valence-corrected chi connectivity index (χ0v) is 15.0. The number of thiazole rings is 1. The summed E-state index contributed by atoms with van der Waals surface area (Å²) in [7, 11) is 0. The van der Waals surface area contributed by atoms with E-state index < -0.39 is 5.91 Å². The predicted molar refractivity (Wildman–Crippen MR) is 93.6 cm³/mol. The van der Waals surface area contributed by atoms with Crippen molar-refractivity contribution in [3.05, 3.63) is 45.4 Å². The zero-order chi connectivity index (χ0) is 17.1. The van der Waals surface area contributed by atoms with Crippen molar-refractivity contribution in [2.45, 2.75) is 19.3 Å². The molecule has 1 saturated heterocycles. The number of hydrogen-bond acceptors (Lipinski definition) is 5. The molecular formula is C16H14BrN3O3S. The number of nitrogens with one attached hydrogen (secondary N) is 1. The minimum atomic E-state index is -0.414. The minimum absolute atomic E-state index is 0.181. The molecule has 24 heavy (non-hydrogen) atoms. The summed E-state index contributed by atoms with van der Waals surface area (Å²) in [5.74, 6) is -1.02. The molecule has 0 radical (unpaired) electrons. The van der Waals surface area contributed by atoms with Gasteiger partial charge in [0.1, 0.15) is 6.54 Å². The molecule has 1 N–H and O–H groups in total. The molecule has 0 atom stereocenters. The van der Waals surface area contributed by atoms with Crippen molar-refractivity contribution >= 4 is 50.1 Å². The largest absolute Gasteiger partial charge is 0.300 e. The fourth-order valence-corrected chi connectivity index (χ4v) is 3.48. The number of rotatable bonds is 5. The van der Waals surface area contributed by atoms with Gasteiger partial charge in [0.25, 0.3) is 0 Å². The maximum Gasteiger partial charge on any atom is 0.246 e. The maximum atomic E-state index is 12.0. The van der Waals surface area contributed by atoms with Gasteiger partial charge in [-0.15, -0.1) is 11.3 Å². The molecule has 0 saturated carbocycles. The molecule has 1 aliphatic rings. The van der Waals surface area contributed by atoms with Gasteiger partial charge in [-0.2, -0.15) is 0 Å². The van der Waals surface area contributed by atoms with Crippen LogP contribution in [0.5, 0.6) is 0 Å². The van der Waals surface area contributed by atoms with Crippen LogP contribution >= 0.6 is 27.3 Å². The van der Waals surface area contributed by atoms with Gasteiger partial charge in [-0.3, -0.25) is 19.3 Å². The predicted octanol–water partition coefficient (Wildman–Crippen LogP) is 2.58. The van der Waals surface area contributed by atoms with Crippen molar-refractivity contribution in [3.8, 4) is 0 Å². The Labute approximate surface area is 151 Å². The van der Waals surface area contributed by atoms with E-state index in [2.05, 4.69) is 26.2 Å². The third-order valence-electron chi connectivity index (χ3n) is 3.55. The summed E-state index contributed by atoms with van der Waals surface area (Å²) < 4.78 is 1.02. The summed E-state index contributed by atoms with van der Waals surface area (Å²) in [6.45, 7) is -0.251. The number of carbonyl (C=O) groups is 3. The second kappa shape index (κ2) is 7.23. The highest BCUT2D eigenvalue weighted by Gasteiger charge is 2.30. The quantitative estimate of drug-likeness (QED) is 0.772. The van der Waals surface area contributed by atoms with Crippen LogP contribution in [-0.2, 0) is 20.8 Å². The zero-order valence-electron chi connectivity index (χ0n) is 12.6. The molecule has 3 amide bonds. The van der Waals surface area contributed by atoms with E-state index in [1.807, 2.05) is 24.3 Å². The molecule has 124 valence electrons. The van der Waals surface area contributed by atoms with Crippen molar-refractivity contribution in [2.24, 2.45) is 0 Å². The van der Waals surface area contributed by atoms with Gasteiger partial charge in [-0.1, -0.05) is 28.1 Å². The van der Waals surface area contributed by atoms with Crippen LogP contribution in [0.25, 0.3) is 0 Å². The number of halogens is 1. The molecule has 3 rings (SSSR count). The average molecular weight is 408 g/mol. The van der Waals surface area contributed by atoms with E-state index in [1.165, 1.54) is 11.3 Å². The number of anilines is 1. The van der Waals surface area contributed by atoms with Crippen LogP contribution in [0.2, 0.25) is 0 Å². The van der Waals surface area contributed by atoms with Crippen LogP contribution in [0.4, 0.5) is 5.13 Å². The fraction of sp³-hybridized carbons (Fsp3) is 0.250. The Morgan fingerprint density at radius 3 is 2.54 bits per heavy atom. The number of hydrogen-bond donors (Lipinski definition) is 1. The Hall–Kier alpha value is -2.06. The number of benzene rings is 1. The lowest BCUT2D eigenvalue weighted by Gasteiger charge is -2.12. The number of amides is 3. The minimum Gasteiger partial charge on any atom is -0.300 e. The van der Waals surface area contributed by atoms with Gasteiger partial charge in [0.05, 0.1) is 0 Å². The maximum absolute atomic E-state index is 12.0. The van der Waals surface area contributed by atoms with Crippen molar-refractivity contribution in [3.63, 3.8) is 0 Å². The van der Waals surface area contributed by atoms with E-state index in [1.54, 1.807) is 6.20 Å². The average Bonchev–Trinajstić information content (AvgIpc) is 3.11. The molecule has 8 heteroatoms. The van der Waals surface area contributed by atoms with Crippen LogP contribution in [-0.4, -0.2) is 34.2 Å². The van der Waals surface area contributed by atoms with Crippen molar-refractivity contribution in [2.75, 3.05) is 11.9 Å². The van der Waals surface area contributed by atoms with E-state index in [0.717, 1.165) is 26.2 Å². The van der Waals surface area contributed by atoms with E-state index in [9.17, 15) is 14.4 Å². The van der Waals surface area contributed by atoms with Gasteiger partial charge in [0, 0.05) is 34.8 Å². The number of imide groups is 1. The molecule has 0 spiro atoms. The van der Waals surface area contributed by atoms with Gasteiger partial charge in [-0.25, -0.2) is 4.98 Å². The van der Waals surface area contributed by atoms with E-state index in [-0.39, 0.29) is 31.2 Å². The lowest BCUT2D eigenvalue weighted by molar-refractivity contribution is -0.141. The summed E-state index contributed by atoms with van der Waals surface area (Å²) >= 11 is 4.77. The monoisotopic (exact) mass is 407 g/mol. The van der Waals surface area contributed by atoms with E-state index in [0.29, 0.717) is 5.13 Å². The first-order valence-electron chi connectivity index (χ1n) is 7.33. The Morgan fingerprint density at radius 1 is 1.21 bits per heavy atom. The van der Waals surface area contributed by atoms with Crippen molar-refractivity contribution < 1.29 is 14.4 Å². The van der Waals surface area contributed by atoms with E-state index >= 15 is 0 Å². The van der Waals surface area contributed by atoms with Crippen LogP contribution in [0.3, 0.4) is 0 Å². The van der Waals surface area contributed by atoms with Crippen LogP contribution in [0, 0.1) is 0 Å². The molecule has 1 fully saturated rings. The second-order valence-electron chi connectivity index (χ2n) is 5.36. The van der Waals surface area contributed by atoms with Crippen LogP contribution in [0.1, 0.15) is 23.3 Å². The molecular weight excluding hydrogens is 394 g/mol. The second-order valence-corrected chi connectivity index (χ2v) is 7.39. The first-order chi connectivity index (χ1) is 11.5. The Balaban J connectivity index is 1.57. The molecule has 1 aliphatic heterocycles. The van der Waals surface area contributed by atoms with Gasteiger partial charge in [0.15, 0.2) is 5.13 Å². The Bertz CT molecular complexity index is 772. The smallest absolute Gasteiger partial charge is 0.246 e. The summed E-state index contributed by atoms with van der Waals surface area (Å²) in [6.07, 6.45) is 2.81. The Kier molecular flexibility index (Phi) is 5.06. The Morgan fingerprint density at radius 2 is 1.88 bits per heavy atom. The molecule has 2 aromatic rings. The lowest BCUT2D eigenvalue weighted by atomic mass is 10.1. The third kappa shape index (κ3) is 4.07. The first-order valence-corrected chi connectivity index (χ1v) is 8.94. The molecule has 2 heterocycles. The first kappa shape index (κ1) is 16.8. The van der Waals surface area contributed by atoms with Crippen molar-refractivity contribution in [1.29, 1.82) is 0 Å². The SMILES string of the molecule is O=C(CN1C(=O)CCC1=O)Nc1ncc(Cc2ccc(Br)cc2)s1. The summed E-state index contributed by atoms with van der Waals surface area (Å²) in [6, 6.07) is 7.99. The van der Waals surface area contributed by atoms with Crippen LogP contribution < -0.4 is 5.32 Å². The summed E-state index contributed by atoms with van der Waals surface area (Å²) in [4.78, 5) is 41.2. The molecule has 1 aromatic heterocycles. The molecule has 0 aliphatic carbocycles. The van der Waals surface area contributed by atoms with Crippen LogP contribution in [0.15, 0.2) is 34.9 Å². The number of nitrogens with zero attached hydrogens (tertiary/aromatic N) is 2. The number of carbonyl (C=O) groups excluding carboxylic acids is 3. The number of aromatic nitrogens is 1. The van der Waals surface area contributed by atoms with E-state index in [4.69, 9.17) is 0 Å². The highest BCUT2D eigenvalue weighted by molar-refractivity contribution is 9.10. The normalized spacial score (nSPS) is 14.3. The summed E-state index contributed by atoms with van der Waals surface area (Å²) in [5.41, 5.74) is 1.15. The number of likely N-dealkylation sites (tertiary alicyclic amines) is 1.